The van der Waals surface area contributed by atoms with Gasteiger partial charge in [-0.05, 0) is 55.5 Å². The lowest BCUT2D eigenvalue weighted by atomic mass is 9.77. The van der Waals surface area contributed by atoms with Crippen molar-refractivity contribution in [1.82, 2.24) is 14.9 Å². The molecule has 2 saturated heterocycles. The van der Waals surface area contributed by atoms with Gasteiger partial charge in [-0.3, -0.25) is 4.98 Å². The second-order valence-corrected chi connectivity index (χ2v) is 8.49. The van der Waals surface area contributed by atoms with Crippen LogP contribution in [0.2, 0.25) is 5.02 Å². The SMILES string of the molecule is OCc1c(N2CCC3(CCNC3)CC2)ccc2c1ccn2-c1ccncc1Cl. The van der Waals surface area contributed by atoms with Crippen molar-refractivity contribution >= 4 is 28.2 Å². The Kier molecular flexibility index (Phi) is 4.54. The zero-order chi connectivity index (χ0) is 19.1. The van der Waals surface area contributed by atoms with Crippen LogP contribution in [-0.2, 0) is 6.61 Å². The van der Waals surface area contributed by atoms with Crippen molar-refractivity contribution in [1.29, 1.82) is 0 Å². The van der Waals surface area contributed by atoms with Crippen LogP contribution in [0.5, 0.6) is 0 Å². The van der Waals surface area contributed by atoms with Gasteiger partial charge in [-0.2, -0.15) is 0 Å². The molecule has 2 N–H and O–H groups in total. The maximum Gasteiger partial charge on any atom is 0.0829 e. The molecule has 0 amide bonds. The van der Waals surface area contributed by atoms with Crippen molar-refractivity contribution in [3.8, 4) is 5.69 Å². The molecule has 0 radical (unpaired) electrons. The maximum absolute atomic E-state index is 10.2. The van der Waals surface area contributed by atoms with Gasteiger partial charge in [-0.15, -0.1) is 0 Å². The van der Waals surface area contributed by atoms with E-state index in [4.69, 9.17) is 11.6 Å². The Labute approximate surface area is 169 Å². The van der Waals surface area contributed by atoms with E-state index in [1.54, 1.807) is 12.4 Å². The lowest BCUT2D eigenvalue weighted by molar-refractivity contribution is 0.246. The minimum absolute atomic E-state index is 0.0317. The number of aliphatic hydroxyl groups is 1. The van der Waals surface area contributed by atoms with Gasteiger partial charge in [0.1, 0.15) is 0 Å². The van der Waals surface area contributed by atoms with E-state index in [1.807, 2.05) is 12.3 Å². The van der Waals surface area contributed by atoms with Gasteiger partial charge in [-0.1, -0.05) is 11.6 Å². The Morgan fingerprint density at radius 2 is 1.96 bits per heavy atom. The normalized spacial score (nSPS) is 19.0. The number of aliphatic hydroxyl groups excluding tert-OH is 1. The van der Waals surface area contributed by atoms with Gasteiger partial charge in [0.15, 0.2) is 0 Å². The van der Waals surface area contributed by atoms with Crippen molar-refractivity contribution in [3.63, 3.8) is 0 Å². The number of nitrogens with zero attached hydrogens (tertiary/aromatic N) is 3. The molecule has 0 bridgehead atoms. The summed E-state index contributed by atoms with van der Waals surface area (Å²) in [6, 6.07) is 8.29. The second kappa shape index (κ2) is 7.07. The van der Waals surface area contributed by atoms with Crippen LogP contribution >= 0.6 is 11.6 Å². The highest BCUT2D eigenvalue weighted by Crippen LogP contribution is 2.40. The van der Waals surface area contributed by atoms with Gasteiger partial charge in [0.2, 0.25) is 0 Å². The van der Waals surface area contributed by atoms with Gasteiger partial charge in [0.05, 0.1) is 22.8 Å². The molecule has 2 fully saturated rings. The number of hydrogen-bond donors (Lipinski definition) is 2. The molecule has 146 valence electrons. The molecule has 28 heavy (non-hydrogen) atoms. The van der Waals surface area contributed by atoms with Crippen molar-refractivity contribution in [2.24, 2.45) is 5.41 Å². The molecule has 2 aliphatic heterocycles. The quantitative estimate of drug-likeness (QED) is 0.708. The average molecular weight is 397 g/mol. The number of fused-ring (bicyclic) bond motifs is 1. The second-order valence-electron chi connectivity index (χ2n) is 8.08. The van der Waals surface area contributed by atoms with Crippen LogP contribution in [0, 0.1) is 5.41 Å². The number of piperidine rings is 1. The van der Waals surface area contributed by atoms with Gasteiger partial charge in [0.25, 0.3) is 0 Å². The Bertz CT molecular complexity index is 999. The van der Waals surface area contributed by atoms with Gasteiger partial charge in [0, 0.05) is 54.9 Å². The van der Waals surface area contributed by atoms with Crippen molar-refractivity contribution in [3.05, 3.63) is 53.4 Å². The van der Waals surface area contributed by atoms with Crippen LogP contribution in [0.25, 0.3) is 16.6 Å². The van der Waals surface area contributed by atoms with Crippen LogP contribution in [0.15, 0.2) is 42.9 Å². The summed E-state index contributed by atoms with van der Waals surface area (Å²) in [4.78, 5) is 6.53. The molecular formula is C22H25ClN4O. The van der Waals surface area contributed by atoms with E-state index < -0.39 is 0 Å². The third kappa shape index (κ3) is 2.89. The molecule has 5 rings (SSSR count). The molecule has 2 aromatic heterocycles. The number of pyridine rings is 1. The number of aromatic nitrogens is 2. The van der Waals surface area contributed by atoms with Gasteiger partial charge >= 0.3 is 0 Å². The first kappa shape index (κ1) is 18.0. The van der Waals surface area contributed by atoms with Crippen LogP contribution in [-0.4, -0.2) is 40.8 Å². The number of halogens is 1. The Morgan fingerprint density at radius 1 is 1.11 bits per heavy atom. The molecule has 1 spiro atoms. The maximum atomic E-state index is 10.2. The molecule has 0 saturated carbocycles. The highest BCUT2D eigenvalue weighted by molar-refractivity contribution is 6.32. The number of rotatable bonds is 3. The van der Waals surface area contributed by atoms with Crippen LogP contribution in [0.1, 0.15) is 24.8 Å². The summed E-state index contributed by atoms with van der Waals surface area (Å²) in [5.41, 5.74) is 4.60. The highest BCUT2D eigenvalue weighted by Gasteiger charge is 2.37. The third-order valence-electron chi connectivity index (χ3n) is 6.62. The number of benzene rings is 1. The Balaban J connectivity index is 1.51. The van der Waals surface area contributed by atoms with E-state index in [1.165, 1.54) is 19.3 Å². The zero-order valence-electron chi connectivity index (χ0n) is 15.9. The number of hydrogen-bond acceptors (Lipinski definition) is 4. The molecule has 1 aromatic carbocycles. The average Bonchev–Trinajstić information content (AvgIpc) is 3.36. The summed E-state index contributed by atoms with van der Waals surface area (Å²) in [5, 5.41) is 15.4. The van der Waals surface area contributed by atoms with E-state index in [0.717, 1.165) is 54.0 Å². The largest absolute Gasteiger partial charge is 0.392 e. The van der Waals surface area contributed by atoms with E-state index in [2.05, 4.69) is 38.0 Å². The van der Waals surface area contributed by atoms with Crippen LogP contribution < -0.4 is 10.2 Å². The van der Waals surface area contributed by atoms with Crippen LogP contribution in [0.4, 0.5) is 5.69 Å². The lowest BCUT2D eigenvalue weighted by Gasteiger charge is -2.40. The predicted octanol–water partition coefficient (Wildman–Crippen LogP) is 3.75. The molecule has 2 aliphatic rings. The minimum atomic E-state index is 0.0317. The molecule has 5 nitrogen and oxygen atoms in total. The summed E-state index contributed by atoms with van der Waals surface area (Å²) >= 11 is 6.36. The minimum Gasteiger partial charge on any atom is -0.392 e. The summed E-state index contributed by atoms with van der Waals surface area (Å²) in [6.07, 6.45) is 9.15. The standard InChI is InChI=1S/C22H25ClN4O/c23-18-13-24-8-3-21(18)27-10-4-16-17(14-28)19(1-2-20(16)27)26-11-6-22(7-12-26)5-9-25-15-22/h1-4,8,10,13,25,28H,5-7,9,11-12,14-15H2. The lowest BCUT2D eigenvalue weighted by Crippen LogP contribution is -2.41. The van der Waals surface area contributed by atoms with Gasteiger partial charge in [-0.25, -0.2) is 0 Å². The molecule has 0 aliphatic carbocycles. The third-order valence-corrected chi connectivity index (χ3v) is 6.92. The summed E-state index contributed by atoms with van der Waals surface area (Å²) < 4.78 is 2.07. The van der Waals surface area contributed by atoms with Gasteiger partial charge < -0.3 is 19.9 Å². The fourth-order valence-electron chi connectivity index (χ4n) is 4.95. The number of anilines is 1. The highest BCUT2D eigenvalue weighted by atomic mass is 35.5. The van der Waals surface area contributed by atoms with E-state index in [-0.39, 0.29) is 6.61 Å². The smallest absolute Gasteiger partial charge is 0.0829 e. The Morgan fingerprint density at radius 3 is 2.68 bits per heavy atom. The summed E-state index contributed by atoms with van der Waals surface area (Å²) in [5.74, 6) is 0. The Hall–Kier alpha value is -2.08. The first-order chi connectivity index (χ1) is 13.7. The molecule has 0 atom stereocenters. The summed E-state index contributed by atoms with van der Waals surface area (Å²) in [6.45, 7) is 4.44. The topological polar surface area (TPSA) is 53.3 Å². The summed E-state index contributed by atoms with van der Waals surface area (Å²) in [7, 11) is 0. The predicted molar refractivity (Wildman–Crippen MR) is 113 cm³/mol. The van der Waals surface area contributed by atoms with Crippen molar-refractivity contribution in [2.45, 2.75) is 25.9 Å². The molecule has 0 unspecified atom stereocenters. The fourth-order valence-corrected chi connectivity index (χ4v) is 5.16. The van der Waals surface area contributed by atoms with E-state index in [0.29, 0.717) is 10.4 Å². The first-order valence-corrected chi connectivity index (χ1v) is 10.4. The fraction of sp³-hybridized carbons (Fsp3) is 0.409. The first-order valence-electron chi connectivity index (χ1n) is 10.0. The molecule has 3 aromatic rings. The van der Waals surface area contributed by atoms with Crippen molar-refractivity contribution < 1.29 is 5.11 Å². The van der Waals surface area contributed by atoms with E-state index in [9.17, 15) is 5.11 Å². The monoisotopic (exact) mass is 396 g/mol. The molecule has 4 heterocycles. The zero-order valence-corrected chi connectivity index (χ0v) is 16.6. The molecule has 6 heteroatoms. The van der Waals surface area contributed by atoms with Crippen LogP contribution in [0.3, 0.4) is 0 Å². The molecular weight excluding hydrogens is 372 g/mol. The van der Waals surface area contributed by atoms with E-state index >= 15 is 0 Å². The van der Waals surface area contributed by atoms with Crippen molar-refractivity contribution in [2.75, 3.05) is 31.1 Å². The number of nitrogens with one attached hydrogen (secondary N) is 1.